The number of rotatable bonds is 3. The predicted molar refractivity (Wildman–Crippen MR) is 78.4 cm³/mol. The van der Waals surface area contributed by atoms with Gasteiger partial charge in [0.2, 0.25) is 0 Å². The fraction of sp³-hybridized carbons (Fsp3) is 0.643. The highest BCUT2D eigenvalue weighted by molar-refractivity contribution is 6.74. The van der Waals surface area contributed by atoms with E-state index in [9.17, 15) is 0 Å². The van der Waals surface area contributed by atoms with E-state index in [-0.39, 0.29) is 10.6 Å². The van der Waals surface area contributed by atoms with E-state index in [1.165, 1.54) is 5.56 Å². The maximum absolute atomic E-state index is 6.58. The number of hydrogen-bond acceptors (Lipinski definition) is 2. The Bertz CT molecular complexity index is 432. The van der Waals surface area contributed by atoms with Crippen molar-refractivity contribution in [1.29, 1.82) is 0 Å². The monoisotopic (exact) mass is 283 g/mol. The summed E-state index contributed by atoms with van der Waals surface area (Å²) in [7, 11) is -1.73. The minimum atomic E-state index is -1.73. The Balaban J connectivity index is 2.21. The molecular formula is C14H22ClNOSi. The van der Waals surface area contributed by atoms with Gasteiger partial charge in [0.05, 0.1) is 5.60 Å². The molecule has 100 valence electrons. The predicted octanol–water partition coefficient (Wildman–Crippen LogP) is 4.75. The summed E-state index contributed by atoms with van der Waals surface area (Å²) in [6.07, 6.45) is 4.06. The lowest BCUT2D eigenvalue weighted by atomic mass is 10.1. The molecule has 0 amide bonds. The number of pyridine rings is 1. The van der Waals surface area contributed by atoms with Crippen LogP contribution in [0.3, 0.4) is 0 Å². The van der Waals surface area contributed by atoms with Crippen LogP contribution in [0.15, 0.2) is 18.3 Å². The van der Waals surface area contributed by atoms with Crippen LogP contribution in [0.5, 0.6) is 0 Å². The first-order valence-corrected chi connectivity index (χ1v) is 9.77. The summed E-state index contributed by atoms with van der Waals surface area (Å²) in [5.74, 6) is 0. The molecule has 4 heteroatoms. The fourth-order valence-electron chi connectivity index (χ4n) is 1.85. The first-order chi connectivity index (χ1) is 8.16. The van der Waals surface area contributed by atoms with E-state index in [0.717, 1.165) is 12.8 Å². The Kier molecular flexibility index (Phi) is 3.37. The van der Waals surface area contributed by atoms with Gasteiger partial charge in [0.15, 0.2) is 8.32 Å². The smallest absolute Gasteiger partial charge is 0.193 e. The molecule has 1 fully saturated rings. The molecule has 18 heavy (non-hydrogen) atoms. The van der Waals surface area contributed by atoms with Crippen LogP contribution < -0.4 is 0 Å². The summed E-state index contributed by atoms with van der Waals surface area (Å²) in [6, 6.07) is 3.90. The van der Waals surface area contributed by atoms with Gasteiger partial charge in [-0.1, -0.05) is 38.4 Å². The lowest BCUT2D eigenvalue weighted by Crippen LogP contribution is -2.44. The third-order valence-electron chi connectivity index (χ3n) is 4.21. The van der Waals surface area contributed by atoms with Crippen LogP contribution in [0.4, 0.5) is 0 Å². The standard InChI is InChI=1S/C14H22ClNOSi/c1-13(2,3)18(4,5)17-14(8-9-14)11-6-7-12(15)16-10-11/h6-7,10H,8-9H2,1-5H3. The van der Waals surface area contributed by atoms with E-state index < -0.39 is 8.32 Å². The first kappa shape index (κ1) is 14.0. The SMILES string of the molecule is CC(C)(C)[Si](C)(C)OC1(c2ccc(Cl)nc2)CC1. The van der Waals surface area contributed by atoms with Crippen molar-refractivity contribution in [2.24, 2.45) is 0 Å². The summed E-state index contributed by atoms with van der Waals surface area (Å²) in [6.45, 7) is 11.4. The summed E-state index contributed by atoms with van der Waals surface area (Å²) in [4.78, 5) is 4.18. The maximum Gasteiger partial charge on any atom is 0.193 e. The molecule has 1 aliphatic rings. The average Bonchev–Trinajstić information content (AvgIpc) is 2.97. The highest BCUT2D eigenvalue weighted by Crippen LogP contribution is 2.53. The second-order valence-electron chi connectivity index (χ2n) is 6.73. The molecule has 1 saturated carbocycles. The molecule has 0 radical (unpaired) electrons. The van der Waals surface area contributed by atoms with Crippen molar-refractivity contribution < 1.29 is 4.43 Å². The molecular weight excluding hydrogens is 262 g/mol. The van der Waals surface area contributed by atoms with Gasteiger partial charge in [-0.2, -0.15) is 0 Å². The summed E-state index contributed by atoms with van der Waals surface area (Å²) >= 11 is 5.84. The minimum absolute atomic E-state index is 0.0827. The van der Waals surface area contributed by atoms with Crippen LogP contribution in [0.1, 0.15) is 39.2 Å². The van der Waals surface area contributed by atoms with E-state index >= 15 is 0 Å². The summed E-state index contributed by atoms with van der Waals surface area (Å²) in [5, 5.41) is 0.782. The average molecular weight is 284 g/mol. The van der Waals surface area contributed by atoms with Gasteiger partial charge in [0.25, 0.3) is 0 Å². The molecule has 0 saturated heterocycles. The van der Waals surface area contributed by atoms with Crippen LogP contribution in [0.25, 0.3) is 0 Å². The molecule has 0 spiro atoms. The van der Waals surface area contributed by atoms with Gasteiger partial charge in [-0.3, -0.25) is 0 Å². The highest BCUT2D eigenvalue weighted by atomic mass is 35.5. The molecule has 0 aliphatic heterocycles. The lowest BCUT2D eigenvalue weighted by molar-refractivity contribution is 0.159. The van der Waals surface area contributed by atoms with Crippen molar-refractivity contribution in [2.75, 3.05) is 0 Å². The number of hydrogen-bond donors (Lipinski definition) is 0. The van der Waals surface area contributed by atoms with Crippen LogP contribution in [-0.4, -0.2) is 13.3 Å². The highest BCUT2D eigenvalue weighted by Gasteiger charge is 2.52. The largest absolute Gasteiger partial charge is 0.407 e. The van der Waals surface area contributed by atoms with Crippen LogP contribution in [0.2, 0.25) is 23.3 Å². The first-order valence-electron chi connectivity index (χ1n) is 6.49. The van der Waals surface area contributed by atoms with Crippen LogP contribution in [0, 0.1) is 0 Å². The third kappa shape index (κ3) is 2.63. The topological polar surface area (TPSA) is 22.1 Å². The molecule has 0 unspecified atom stereocenters. The van der Waals surface area contributed by atoms with Crippen molar-refractivity contribution in [3.8, 4) is 0 Å². The Morgan fingerprint density at radius 1 is 1.28 bits per heavy atom. The van der Waals surface area contributed by atoms with Gasteiger partial charge in [-0.05, 0) is 37.0 Å². The third-order valence-corrected chi connectivity index (χ3v) is 8.95. The zero-order chi connectivity index (χ0) is 13.6. The van der Waals surface area contributed by atoms with Crippen molar-refractivity contribution >= 4 is 19.9 Å². The zero-order valence-electron chi connectivity index (χ0n) is 11.9. The Hall–Kier alpha value is -0.383. The van der Waals surface area contributed by atoms with Crippen molar-refractivity contribution in [3.05, 3.63) is 29.0 Å². The normalized spacial score (nSPS) is 18.8. The summed E-state index contributed by atoms with van der Waals surface area (Å²) < 4.78 is 6.58. The van der Waals surface area contributed by atoms with Crippen molar-refractivity contribution in [2.45, 2.75) is 57.3 Å². The van der Waals surface area contributed by atoms with Gasteiger partial charge >= 0.3 is 0 Å². The molecule has 2 nitrogen and oxygen atoms in total. The maximum atomic E-state index is 6.58. The molecule has 0 atom stereocenters. The quantitative estimate of drug-likeness (QED) is 0.590. The Morgan fingerprint density at radius 2 is 1.89 bits per heavy atom. The van der Waals surface area contributed by atoms with Gasteiger partial charge in [0, 0.05) is 11.8 Å². The molecule has 0 bridgehead atoms. The lowest BCUT2D eigenvalue weighted by Gasteiger charge is -2.39. The van der Waals surface area contributed by atoms with Gasteiger partial charge in [0.1, 0.15) is 5.15 Å². The molecule has 1 aromatic heterocycles. The van der Waals surface area contributed by atoms with Crippen molar-refractivity contribution in [1.82, 2.24) is 4.98 Å². The molecule has 0 N–H and O–H groups in total. The molecule has 0 aromatic carbocycles. The molecule has 1 aromatic rings. The van der Waals surface area contributed by atoms with Crippen LogP contribution >= 0.6 is 11.6 Å². The second-order valence-corrected chi connectivity index (χ2v) is 11.8. The van der Waals surface area contributed by atoms with Crippen molar-refractivity contribution in [3.63, 3.8) is 0 Å². The van der Waals surface area contributed by atoms with Crippen LogP contribution in [-0.2, 0) is 10.0 Å². The van der Waals surface area contributed by atoms with E-state index in [0.29, 0.717) is 5.15 Å². The second kappa shape index (κ2) is 4.32. The fourth-order valence-corrected chi connectivity index (χ4v) is 3.57. The number of aromatic nitrogens is 1. The Morgan fingerprint density at radius 3 is 2.28 bits per heavy atom. The van der Waals surface area contributed by atoms with E-state index in [2.05, 4.69) is 44.9 Å². The molecule has 2 rings (SSSR count). The van der Waals surface area contributed by atoms with Gasteiger partial charge in [-0.15, -0.1) is 0 Å². The minimum Gasteiger partial charge on any atom is -0.407 e. The number of halogens is 1. The summed E-state index contributed by atoms with van der Waals surface area (Å²) in [5.41, 5.74) is 1.09. The van der Waals surface area contributed by atoms with E-state index in [4.69, 9.17) is 16.0 Å². The van der Waals surface area contributed by atoms with Gasteiger partial charge in [-0.25, -0.2) is 4.98 Å². The van der Waals surface area contributed by atoms with E-state index in [1.807, 2.05) is 12.3 Å². The van der Waals surface area contributed by atoms with Gasteiger partial charge < -0.3 is 4.43 Å². The number of nitrogens with zero attached hydrogens (tertiary/aromatic N) is 1. The zero-order valence-corrected chi connectivity index (χ0v) is 13.6. The molecule has 1 heterocycles. The molecule has 1 aliphatic carbocycles. The Labute approximate surface area is 116 Å². The van der Waals surface area contributed by atoms with E-state index in [1.54, 1.807) is 0 Å².